The highest BCUT2D eigenvalue weighted by Crippen LogP contribution is 2.07. The Morgan fingerprint density at radius 3 is 2.80 bits per heavy atom. The summed E-state index contributed by atoms with van der Waals surface area (Å²) in [4.78, 5) is 10.3. The molecule has 0 bridgehead atoms. The normalized spacial score (nSPS) is 24.3. The summed E-state index contributed by atoms with van der Waals surface area (Å²) in [6.45, 7) is 2.05. The van der Waals surface area contributed by atoms with Crippen LogP contribution in [0.5, 0.6) is 0 Å². The third-order valence-electron chi connectivity index (χ3n) is 1.94. The molecule has 1 heterocycles. The van der Waals surface area contributed by atoms with Gasteiger partial charge in [-0.1, -0.05) is 11.6 Å². The molecule has 1 aliphatic heterocycles. The Kier molecular flexibility index (Phi) is 3.65. The number of nitrogens with one attached hydrogen (secondary N) is 1. The van der Waals surface area contributed by atoms with E-state index in [9.17, 15) is 13.2 Å². The second-order valence-corrected chi connectivity index (χ2v) is 5.41. The van der Waals surface area contributed by atoms with Gasteiger partial charge in [0.1, 0.15) is 0 Å². The summed E-state index contributed by atoms with van der Waals surface area (Å²) in [6.07, 6.45) is 2.67. The minimum Gasteiger partial charge on any atom is -0.478 e. The van der Waals surface area contributed by atoms with Gasteiger partial charge >= 0.3 is 5.97 Å². The van der Waals surface area contributed by atoms with E-state index >= 15 is 0 Å². The Balaban J connectivity index is 2.41. The summed E-state index contributed by atoms with van der Waals surface area (Å²) in [5.74, 6) is -0.947. The third kappa shape index (κ3) is 4.26. The summed E-state index contributed by atoms with van der Waals surface area (Å²) < 4.78 is 22.1. The zero-order valence-electron chi connectivity index (χ0n) is 8.30. The van der Waals surface area contributed by atoms with Gasteiger partial charge in [-0.3, -0.25) is 0 Å². The molecule has 15 heavy (non-hydrogen) atoms. The average molecular weight is 231 g/mol. The monoisotopic (exact) mass is 231 g/mol. The van der Waals surface area contributed by atoms with E-state index in [-0.39, 0.29) is 11.8 Å². The van der Waals surface area contributed by atoms with Crippen molar-refractivity contribution in [3.63, 3.8) is 0 Å². The first-order valence-electron chi connectivity index (χ1n) is 4.43. The fourth-order valence-electron chi connectivity index (χ4n) is 1.26. The van der Waals surface area contributed by atoms with Crippen molar-refractivity contribution in [1.82, 2.24) is 5.32 Å². The van der Waals surface area contributed by atoms with Crippen molar-refractivity contribution in [2.24, 2.45) is 0 Å². The van der Waals surface area contributed by atoms with Crippen LogP contribution < -0.4 is 5.32 Å². The van der Waals surface area contributed by atoms with Gasteiger partial charge < -0.3 is 10.4 Å². The van der Waals surface area contributed by atoms with E-state index < -0.39 is 15.8 Å². The fraction of sp³-hybridized carbons (Fsp3) is 0.444. The lowest BCUT2D eigenvalue weighted by atomic mass is 10.2. The van der Waals surface area contributed by atoms with Crippen LogP contribution in [0.2, 0.25) is 0 Å². The highest BCUT2D eigenvalue weighted by molar-refractivity contribution is 7.94. The van der Waals surface area contributed by atoms with Gasteiger partial charge in [0.25, 0.3) is 0 Å². The molecule has 1 atom stereocenters. The Hall–Kier alpha value is -1.14. The number of rotatable bonds is 4. The molecule has 0 aliphatic carbocycles. The van der Waals surface area contributed by atoms with Gasteiger partial charge in [0, 0.05) is 24.1 Å². The summed E-state index contributed by atoms with van der Waals surface area (Å²) in [5, 5.41) is 12.6. The summed E-state index contributed by atoms with van der Waals surface area (Å²) in [7, 11) is -3.05. The second kappa shape index (κ2) is 4.59. The zero-order chi connectivity index (χ0) is 11.5. The van der Waals surface area contributed by atoms with Crippen molar-refractivity contribution in [2.45, 2.75) is 13.0 Å². The van der Waals surface area contributed by atoms with Gasteiger partial charge in [0.2, 0.25) is 0 Å². The maximum absolute atomic E-state index is 11.0. The van der Waals surface area contributed by atoms with Crippen LogP contribution in [0.1, 0.15) is 6.92 Å². The standard InChI is InChI=1S/C9H13NO4S/c1-7(4-9(11)12)5-10-8-2-3-15(13,14)6-8/h2-4,8,10H,5-6H2,1H3,(H,11,12)/b7-4-. The molecular formula is C9H13NO4S. The zero-order valence-corrected chi connectivity index (χ0v) is 9.12. The van der Waals surface area contributed by atoms with Crippen molar-refractivity contribution >= 4 is 15.8 Å². The number of carbonyl (C=O) groups is 1. The van der Waals surface area contributed by atoms with Crippen LogP contribution in [0.4, 0.5) is 0 Å². The molecule has 84 valence electrons. The predicted octanol–water partition coefficient (Wildman–Crippen LogP) is -0.0824. The van der Waals surface area contributed by atoms with Crippen LogP contribution in [-0.4, -0.2) is 37.8 Å². The minimum atomic E-state index is -3.05. The second-order valence-electron chi connectivity index (χ2n) is 3.47. The summed E-state index contributed by atoms with van der Waals surface area (Å²) >= 11 is 0. The maximum Gasteiger partial charge on any atom is 0.328 e. The van der Waals surface area contributed by atoms with Gasteiger partial charge in [-0.05, 0) is 6.92 Å². The van der Waals surface area contributed by atoms with E-state index in [1.165, 1.54) is 5.41 Å². The molecule has 0 saturated heterocycles. The van der Waals surface area contributed by atoms with Crippen LogP contribution in [0.3, 0.4) is 0 Å². The van der Waals surface area contributed by atoms with E-state index in [2.05, 4.69) is 5.32 Å². The quantitative estimate of drug-likeness (QED) is 0.661. The molecule has 1 rings (SSSR count). The highest BCUT2D eigenvalue weighted by Gasteiger charge is 2.20. The molecule has 0 aromatic carbocycles. The molecule has 0 saturated carbocycles. The van der Waals surface area contributed by atoms with Crippen molar-refractivity contribution in [1.29, 1.82) is 0 Å². The first-order valence-corrected chi connectivity index (χ1v) is 6.15. The number of sulfone groups is 1. The first kappa shape index (κ1) is 11.9. The van der Waals surface area contributed by atoms with Crippen LogP contribution in [0.15, 0.2) is 23.1 Å². The molecule has 1 unspecified atom stereocenters. The molecule has 0 spiro atoms. The van der Waals surface area contributed by atoms with Crippen molar-refractivity contribution in [2.75, 3.05) is 12.3 Å². The van der Waals surface area contributed by atoms with Gasteiger partial charge in [-0.2, -0.15) is 0 Å². The molecule has 0 amide bonds. The number of carboxylic acid groups (broad SMARTS) is 1. The van der Waals surface area contributed by atoms with E-state index in [1.54, 1.807) is 13.0 Å². The molecule has 6 heteroatoms. The molecule has 1 aliphatic rings. The Morgan fingerprint density at radius 1 is 1.67 bits per heavy atom. The highest BCUT2D eigenvalue weighted by atomic mass is 32.2. The third-order valence-corrected chi connectivity index (χ3v) is 3.34. The number of carboxylic acids is 1. The van der Waals surface area contributed by atoms with E-state index in [1.807, 2.05) is 0 Å². The van der Waals surface area contributed by atoms with Crippen molar-refractivity contribution < 1.29 is 18.3 Å². The molecule has 2 N–H and O–H groups in total. The molecule has 0 aromatic heterocycles. The number of hydrogen-bond acceptors (Lipinski definition) is 4. The lowest BCUT2D eigenvalue weighted by molar-refractivity contribution is -0.131. The maximum atomic E-state index is 11.0. The van der Waals surface area contributed by atoms with E-state index in [0.29, 0.717) is 12.1 Å². The summed E-state index contributed by atoms with van der Waals surface area (Å²) in [6, 6.07) is -0.216. The van der Waals surface area contributed by atoms with Gasteiger partial charge in [-0.25, -0.2) is 13.2 Å². The van der Waals surface area contributed by atoms with Crippen molar-refractivity contribution in [3.05, 3.63) is 23.1 Å². The Morgan fingerprint density at radius 2 is 2.33 bits per heavy atom. The predicted molar refractivity (Wildman–Crippen MR) is 56.1 cm³/mol. The smallest absolute Gasteiger partial charge is 0.328 e. The van der Waals surface area contributed by atoms with Gasteiger partial charge in [0.05, 0.1) is 5.75 Å². The van der Waals surface area contributed by atoms with Gasteiger partial charge in [0.15, 0.2) is 9.84 Å². The van der Waals surface area contributed by atoms with Crippen LogP contribution in [0, 0.1) is 0 Å². The SMILES string of the molecule is C/C(=C/C(=O)O)CNC1C=CS(=O)(=O)C1. The molecule has 0 fully saturated rings. The van der Waals surface area contributed by atoms with E-state index in [0.717, 1.165) is 6.08 Å². The lowest BCUT2D eigenvalue weighted by Crippen LogP contribution is -2.31. The minimum absolute atomic E-state index is 0.0490. The van der Waals surface area contributed by atoms with Gasteiger partial charge in [-0.15, -0.1) is 0 Å². The topological polar surface area (TPSA) is 83.5 Å². The first-order chi connectivity index (χ1) is 6.89. The fourth-order valence-corrected chi connectivity index (χ4v) is 2.53. The van der Waals surface area contributed by atoms with Crippen LogP contribution >= 0.6 is 0 Å². The van der Waals surface area contributed by atoms with Crippen molar-refractivity contribution in [3.8, 4) is 0 Å². The molecule has 5 nitrogen and oxygen atoms in total. The Bertz CT molecular complexity index is 408. The number of aliphatic carboxylic acids is 1. The lowest BCUT2D eigenvalue weighted by Gasteiger charge is -2.09. The average Bonchev–Trinajstić information content (AvgIpc) is 2.41. The number of hydrogen-bond donors (Lipinski definition) is 2. The molecule has 0 radical (unpaired) electrons. The Labute approximate surface area is 88.4 Å². The summed E-state index contributed by atoms with van der Waals surface area (Å²) in [5.41, 5.74) is 0.653. The van der Waals surface area contributed by atoms with Crippen LogP contribution in [-0.2, 0) is 14.6 Å². The largest absolute Gasteiger partial charge is 0.478 e. The van der Waals surface area contributed by atoms with E-state index in [4.69, 9.17) is 5.11 Å². The van der Waals surface area contributed by atoms with Crippen LogP contribution in [0.25, 0.3) is 0 Å². The molecular weight excluding hydrogens is 218 g/mol. The molecule has 0 aromatic rings.